The summed E-state index contributed by atoms with van der Waals surface area (Å²) in [5, 5.41) is 0. The molecule has 4 aliphatic rings. The number of rotatable bonds is 17. The van der Waals surface area contributed by atoms with E-state index in [1.54, 1.807) is 0 Å². The highest BCUT2D eigenvalue weighted by Gasteiger charge is 2.57. The number of hydrogen-bond acceptors (Lipinski definition) is 8. The highest BCUT2D eigenvalue weighted by molar-refractivity contribution is 5.10. The molecule has 0 aliphatic carbocycles. The van der Waals surface area contributed by atoms with Crippen molar-refractivity contribution in [3.63, 3.8) is 0 Å². The van der Waals surface area contributed by atoms with Gasteiger partial charge < -0.3 is 39.9 Å². The lowest BCUT2D eigenvalue weighted by Gasteiger charge is -2.48. The number of hydrogen-bond donors (Lipinski definition) is 2. The third-order valence-corrected chi connectivity index (χ3v) is 6.33. The van der Waals surface area contributed by atoms with Crippen molar-refractivity contribution in [2.45, 2.75) is 62.1 Å². The first-order valence-corrected chi connectivity index (χ1v) is 10.7. The van der Waals surface area contributed by atoms with E-state index in [-0.39, 0.29) is 29.8 Å². The second kappa shape index (κ2) is 9.22. The van der Waals surface area contributed by atoms with Gasteiger partial charge >= 0.3 is 0 Å². The summed E-state index contributed by atoms with van der Waals surface area (Å²) in [5.74, 6) is 0. The van der Waals surface area contributed by atoms with E-state index in [0.29, 0.717) is 33.0 Å². The van der Waals surface area contributed by atoms with E-state index in [9.17, 15) is 0 Å². The molecule has 28 heavy (non-hydrogen) atoms. The quantitative estimate of drug-likeness (QED) is 0.263. The largest absolute Gasteiger partial charge is 0.379 e. The molecule has 4 unspecified atom stereocenters. The molecular weight excluding hydrogens is 364 g/mol. The van der Waals surface area contributed by atoms with Crippen LogP contribution in [-0.2, 0) is 28.4 Å². The predicted molar refractivity (Wildman–Crippen MR) is 102 cm³/mol. The maximum absolute atomic E-state index is 7.20. The maximum Gasteiger partial charge on any atom is 0.0827 e. The molecule has 0 spiro atoms. The van der Waals surface area contributed by atoms with E-state index in [1.165, 1.54) is 0 Å². The summed E-state index contributed by atoms with van der Waals surface area (Å²) in [7, 11) is 0. The predicted octanol–water partition coefficient (Wildman–Crippen LogP) is 0.208. The molecule has 4 heterocycles. The lowest BCUT2D eigenvalue weighted by Crippen LogP contribution is -2.60. The van der Waals surface area contributed by atoms with Gasteiger partial charge in [-0.1, -0.05) is 0 Å². The van der Waals surface area contributed by atoms with Crippen LogP contribution < -0.4 is 11.5 Å². The second-order valence-corrected chi connectivity index (χ2v) is 8.88. The first kappa shape index (κ1) is 20.9. The van der Waals surface area contributed by atoms with Crippen molar-refractivity contribution in [3.8, 4) is 0 Å². The van der Waals surface area contributed by atoms with Gasteiger partial charge in [0.1, 0.15) is 0 Å². The number of ether oxygens (including phenoxy) is 6. The van der Waals surface area contributed by atoms with E-state index in [1.807, 2.05) is 0 Å². The Morgan fingerprint density at radius 2 is 1.18 bits per heavy atom. The van der Waals surface area contributed by atoms with Gasteiger partial charge in [-0.3, -0.25) is 0 Å². The van der Waals surface area contributed by atoms with Gasteiger partial charge in [-0.15, -0.1) is 0 Å². The van der Waals surface area contributed by atoms with Crippen molar-refractivity contribution in [2.75, 3.05) is 59.4 Å². The van der Waals surface area contributed by atoms with Crippen LogP contribution in [-0.4, -0.2) is 89.4 Å². The Morgan fingerprint density at radius 3 is 1.64 bits per heavy atom. The van der Waals surface area contributed by atoms with Crippen LogP contribution in [0.15, 0.2) is 0 Å². The fourth-order valence-corrected chi connectivity index (χ4v) is 4.37. The minimum absolute atomic E-state index is 0.218. The van der Waals surface area contributed by atoms with Gasteiger partial charge in [0.25, 0.3) is 0 Å². The van der Waals surface area contributed by atoms with Crippen LogP contribution in [0.3, 0.4) is 0 Å². The molecule has 0 aromatic heterocycles. The zero-order valence-corrected chi connectivity index (χ0v) is 16.8. The molecule has 4 saturated heterocycles. The van der Waals surface area contributed by atoms with Crippen molar-refractivity contribution in [2.24, 2.45) is 16.9 Å². The van der Waals surface area contributed by atoms with Gasteiger partial charge in [0.05, 0.1) is 70.7 Å². The van der Waals surface area contributed by atoms with Crippen LogP contribution in [0.25, 0.3) is 0 Å². The molecule has 162 valence electrons. The molecule has 4 atom stereocenters. The average Bonchev–Trinajstić information content (AvgIpc) is 3.50. The number of epoxide rings is 4. The third kappa shape index (κ3) is 6.09. The topological polar surface area (TPSA) is 121 Å². The third-order valence-electron chi connectivity index (χ3n) is 6.33. The summed E-state index contributed by atoms with van der Waals surface area (Å²) in [6.45, 7) is 6.27. The highest BCUT2D eigenvalue weighted by Crippen LogP contribution is 2.50. The fourth-order valence-electron chi connectivity index (χ4n) is 4.37. The van der Waals surface area contributed by atoms with E-state index in [0.717, 1.165) is 58.5 Å². The van der Waals surface area contributed by atoms with Gasteiger partial charge in [-0.25, -0.2) is 0 Å². The van der Waals surface area contributed by atoms with Crippen LogP contribution in [0.2, 0.25) is 0 Å². The maximum atomic E-state index is 7.20. The molecule has 0 radical (unpaired) electrons. The normalized spacial score (nSPS) is 34.5. The molecule has 0 saturated carbocycles. The van der Waals surface area contributed by atoms with Crippen molar-refractivity contribution >= 4 is 0 Å². The Labute approximate surface area is 167 Å². The van der Waals surface area contributed by atoms with Crippen molar-refractivity contribution in [1.82, 2.24) is 0 Å². The van der Waals surface area contributed by atoms with Gasteiger partial charge in [0.15, 0.2) is 0 Å². The molecule has 0 amide bonds. The lowest BCUT2D eigenvalue weighted by molar-refractivity contribution is -0.0530. The monoisotopic (exact) mass is 400 g/mol. The summed E-state index contributed by atoms with van der Waals surface area (Å²) in [5.41, 5.74) is 12.1. The van der Waals surface area contributed by atoms with E-state index in [2.05, 4.69) is 0 Å². The van der Waals surface area contributed by atoms with Gasteiger partial charge in [-0.2, -0.15) is 0 Å². The zero-order chi connectivity index (χ0) is 19.5. The Kier molecular flexibility index (Phi) is 6.89. The van der Waals surface area contributed by atoms with E-state index < -0.39 is 5.54 Å². The van der Waals surface area contributed by atoms with Gasteiger partial charge in [0, 0.05) is 17.6 Å². The molecule has 4 rings (SSSR count). The fraction of sp³-hybridized carbons (Fsp3) is 1.00. The molecule has 0 bridgehead atoms. The molecule has 4 fully saturated rings. The van der Waals surface area contributed by atoms with Crippen molar-refractivity contribution in [3.05, 3.63) is 0 Å². The molecule has 0 aromatic rings. The second-order valence-electron chi connectivity index (χ2n) is 8.88. The lowest BCUT2D eigenvalue weighted by atomic mass is 9.61. The molecule has 4 aliphatic heterocycles. The minimum Gasteiger partial charge on any atom is -0.379 e. The molecule has 4 N–H and O–H groups in total. The van der Waals surface area contributed by atoms with Crippen LogP contribution >= 0.6 is 0 Å². The Bertz CT molecular complexity index is 463. The molecular formula is C20H36N2O6. The smallest absolute Gasteiger partial charge is 0.0827 e. The molecule has 8 nitrogen and oxygen atoms in total. The first-order chi connectivity index (χ1) is 13.6. The summed E-state index contributed by atoms with van der Waals surface area (Å²) in [6, 6.07) is 0. The molecule has 0 aromatic carbocycles. The van der Waals surface area contributed by atoms with Gasteiger partial charge in [0.2, 0.25) is 0 Å². The van der Waals surface area contributed by atoms with Crippen LogP contribution in [0.1, 0.15) is 32.1 Å². The number of nitrogens with two attached hydrogens (primary N) is 2. The first-order valence-electron chi connectivity index (χ1n) is 10.7. The average molecular weight is 401 g/mol. The van der Waals surface area contributed by atoms with E-state index >= 15 is 0 Å². The Morgan fingerprint density at radius 1 is 0.714 bits per heavy atom. The van der Waals surface area contributed by atoms with Crippen LogP contribution in [0, 0.1) is 5.41 Å². The van der Waals surface area contributed by atoms with E-state index in [4.69, 9.17) is 39.9 Å². The van der Waals surface area contributed by atoms with Crippen LogP contribution in [0.5, 0.6) is 0 Å². The summed E-state index contributed by atoms with van der Waals surface area (Å²) >= 11 is 0. The zero-order valence-electron chi connectivity index (χ0n) is 16.8. The van der Waals surface area contributed by atoms with Crippen molar-refractivity contribution < 1.29 is 28.4 Å². The Balaban J connectivity index is 1.42. The van der Waals surface area contributed by atoms with Gasteiger partial charge in [-0.05, 0) is 38.6 Å². The highest BCUT2D eigenvalue weighted by atomic mass is 16.6. The van der Waals surface area contributed by atoms with Crippen molar-refractivity contribution in [1.29, 1.82) is 0 Å². The Hall–Kier alpha value is -0.320. The minimum atomic E-state index is -0.423. The summed E-state index contributed by atoms with van der Waals surface area (Å²) in [6.07, 6.45) is 5.39. The molecule has 8 heteroatoms. The SMILES string of the molecule is NCCCOCCOCC(CC1CO1)(CC1CO1)C(N)(CC1CO1)CC1CO1. The summed E-state index contributed by atoms with van der Waals surface area (Å²) in [4.78, 5) is 0. The standard InChI is InChI=1S/C20H36N2O6/c21-2-1-3-23-4-5-24-14-19(6-15-10-25-15,7-16-11-26-16)20(22,8-17-12-27-17)9-18-13-28-18/h15-18H,1-14,21-22H2. The summed E-state index contributed by atoms with van der Waals surface area (Å²) < 4.78 is 34.1. The van der Waals surface area contributed by atoms with Crippen LogP contribution in [0.4, 0.5) is 0 Å².